The number of hydrogen-bond acceptors (Lipinski definition) is 5. The lowest BCUT2D eigenvalue weighted by Gasteiger charge is -2.43. The number of thioether (sulfide) groups is 1. The monoisotopic (exact) mass is 414 g/mol. The van der Waals surface area contributed by atoms with Crippen LogP contribution in [0.3, 0.4) is 0 Å². The Bertz CT molecular complexity index is 964. The van der Waals surface area contributed by atoms with Crippen LogP contribution in [0.1, 0.15) is 54.6 Å². The van der Waals surface area contributed by atoms with Crippen molar-refractivity contribution < 1.29 is 9.90 Å². The summed E-state index contributed by atoms with van der Waals surface area (Å²) < 4.78 is 0. The van der Waals surface area contributed by atoms with Crippen molar-refractivity contribution in [3.8, 4) is 6.07 Å². The van der Waals surface area contributed by atoms with E-state index in [0.29, 0.717) is 15.6 Å². The van der Waals surface area contributed by atoms with Gasteiger partial charge in [-0.05, 0) is 55.3 Å². The van der Waals surface area contributed by atoms with Crippen LogP contribution >= 0.6 is 23.4 Å². The molecule has 0 spiro atoms. The van der Waals surface area contributed by atoms with Crippen molar-refractivity contribution >= 4 is 29.1 Å². The van der Waals surface area contributed by atoms with Gasteiger partial charge in [0.15, 0.2) is 0 Å². The van der Waals surface area contributed by atoms with Gasteiger partial charge in [-0.2, -0.15) is 5.26 Å². The van der Waals surface area contributed by atoms with Gasteiger partial charge in [-0.15, -0.1) is 11.8 Å². The molecule has 4 nitrogen and oxygen atoms in total. The van der Waals surface area contributed by atoms with E-state index < -0.39 is 11.5 Å². The van der Waals surface area contributed by atoms with Crippen LogP contribution in [0.2, 0.25) is 5.02 Å². The van der Waals surface area contributed by atoms with Crippen molar-refractivity contribution in [1.82, 2.24) is 4.98 Å². The predicted molar refractivity (Wildman–Crippen MR) is 112 cm³/mol. The molecular formula is C22H23ClN2O2S. The van der Waals surface area contributed by atoms with E-state index in [1.54, 1.807) is 19.1 Å². The van der Waals surface area contributed by atoms with Gasteiger partial charge in [-0.1, -0.05) is 30.7 Å². The van der Waals surface area contributed by atoms with Gasteiger partial charge in [0.1, 0.15) is 16.9 Å². The number of ketones is 1. The average molecular weight is 415 g/mol. The molecular weight excluding hydrogens is 392 g/mol. The highest BCUT2D eigenvalue weighted by molar-refractivity contribution is 7.99. The number of aryl methyl sites for hydroxylation is 1. The second kappa shape index (κ2) is 7.87. The van der Waals surface area contributed by atoms with Crippen molar-refractivity contribution in [2.24, 2.45) is 5.92 Å². The number of halogens is 1. The number of hydrogen-bond donors (Lipinski definition) is 1. The quantitative estimate of drug-likeness (QED) is 0.735. The SMILES string of the molecule is CCSc1nc(C)c2c(c1C#N)C[C@@](C)(O)[C@@H](C(C)=O)[C@@H]2c1ccc(Cl)cc1. The minimum atomic E-state index is -1.27. The number of carbonyl (C=O) groups excluding carboxylic acids is 1. The number of aromatic nitrogens is 1. The second-order valence-electron chi connectivity index (χ2n) is 7.47. The summed E-state index contributed by atoms with van der Waals surface area (Å²) in [7, 11) is 0. The van der Waals surface area contributed by atoms with Crippen LogP contribution in [0.4, 0.5) is 0 Å². The van der Waals surface area contributed by atoms with Crippen LogP contribution in [0.25, 0.3) is 0 Å². The van der Waals surface area contributed by atoms with Gasteiger partial charge in [0, 0.05) is 23.1 Å². The van der Waals surface area contributed by atoms with Gasteiger partial charge < -0.3 is 5.11 Å². The van der Waals surface area contributed by atoms with E-state index >= 15 is 0 Å². The minimum absolute atomic E-state index is 0.0829. The highest BCUT2D eigenvalue weighted by Crippen LogP contribution is 2.49. The molecule has 146 valence electrons. The summed E-state index contributed by atoms with van der Waals surface area (Å²) in [6, 6.07) is 9.63. The molecule has 0 aliphatic heterocycles. The summed E-state index contributed by atoms with van der Waals surface area (Å²) in [6.07, 6.45) is 0.250. The average Bonchev–Trinajstić information content (AvgIpc) is 2.60. The van der Waals surface area contributed by atoms with Crippen molar-refractivity contribution in [2.45, 2.75) is 50.7 Å². The van der Waals surface area contributed by atoms with E-state index in [4.69, 9.17) is 16.6 Å². The minimum Gasteiger partial charge on any atom is -0.389 e. The van der Waals surface area contributed by atoms with Crippen LogP contribution in [0.15, 0.2) is 29.3 Å². The first-order valence-electron chi connectivity index (χ1n) is 9.25. The fourth-order valence-electron chi connectivity index (χ4n) is 4.40. The predicted octanol–water partition coefficient (Wildman–Crippen LogP) is 4.67. The molecule has 28 heavy (non-hydrogen) atoms. The second-order valence-corrected chi connectivity index (χ2v) is 9.16. The summed E-state index contributed by atoms with van der Waals surface area (Å²) in [5.41, 5.74) is 2.60. The summed E-state index contributed by atoms with van der Waals surface area (Å²) in [4.78, 5) is 17.3. The molecule has 0 saturated heterocycles. The maximum absolute atomic E-state index is 12.6. The number of rotatable bonds is 4. The fraction of sp³-hybridized carbons (Fsp3) is 0.409. The van der Waals surface area contributed by atoms with Gasteiger partial charge in [-0.3, -0.25) is 4.79 Å². The van der Waals surface area contributed by atoms with Crippen molar-refractivity contribution in [3.05, 3.63) is 57.2 Å². The molecule has 2 aromatic rings. The molecule has 1 heterocycles. The summed E-state index contributed by atoms with van der Waals surface area (Å²) in [6.45, 7) is 7.14. The third kappa shape index (κ3) is 3.57. The number of fused-ring (bicyclic) bond motifs is 1. The number of pyridine rings is 1. The highest BCUT2D eigenvalue weighted by Gasteiger charge is 2.48. The normalized spacial score (nSPS) is 23.8. The summed E-state index contributed by atoms with van der Waals surface area (Å²) >= 11 is 7.59. The molecule has 6 heteroatoms. The van der Waals surface area contributed by atoms with E-state index in [2.05, 4.69) is 6.07 Å². The van der Waals surface area contributed by atoms with Gasteiger partial charge in [0.05, 0.1) is 17.1 Å². The Labute approximate surface area is 174 Å². The topological polar surface area (TPSA) is 74.0 Å². The Morgan fingerprint density at radius 3 is 2.61 bits per heavy atom. The molecule has 0 amide bonds. The summed E-state index contributed by atoms with van der Waals surface area (Å²) in [5, 5.41) is 22.4. The molecule has 1 aliphatic carbocycles. The van der Waals surface area contributed by atoms with E-state index in [9.17, 15) is 15.2 Å². The number of benzene rings is 1. The number of nitriles is 1. The van der Waals surface area contributed by atoms with Crippen LogP contribution in [-0.4, -0.2) is 27.2 Å². The maximum Gasteiger partial charge on any atom is 0.136 e. The molecule has 1 aromatic heterocycles. The molecule has 3 atom stereocenters. The number of Topliss-reactive ketones (excluding diaryl/α,β-unsaturated/α-hetero) is 1. The lowest BCUT2D eigenvalue weighted by molar-refractivity contribution is -0.130. The number of nitrogens with zero attached hydrogens (tertiary/aromatic N) is 2. The molecule has 1 N–H and O–H groups in total. The molecule has 0 bridgehead atoms. The zero-order chi connectivity index (χ0) is 20.6. The van der Waals surface area contributed by atoms with E-state index in [1.165, 1.54) is 18.7 Å². The Kier molecular flexibility index (Phi) is 5.86. The molecule has 1 aromatic carbocycles. The lowest BCUT2D eigenvalue weighted by Crippen LogP contribution is -2.48. The van der Waals surface area contributed by atoms with E-state index in [0.717, 1.165) is 28.1 Å². The lowest BCUT2D eigenvalue weighted by atomic mass is 9.62. The molecule has 0 unspecified atom stereocenters. The summed E-state index contributed by atoms with van der Waals surface area (Å²) in [5.74, 6) is -0.292. The fourth-order valence-corrected chi connectivity index (χ4v) is 5.31. The standard InChI is InChI=1S/C22H23ClN2O2S/c1-5-28-21-17(11-24)16-10-22(4,27)20(13(3)26)19(18(16)12(2)25-21)14-6-8-15(23)9-7-14/h6-9,19-20,27H,5,10H2,1-4H3/t19-,20+,22-/m1/s1. The van der Waals surface area contributed by atoms with Crippen LogP contribution in [0.5, 0.6) is 0 Å². The smallest absolute Gasteiger partial charge is 0.136 e. The van der Waals surface area contributed by atoms with Gasteiger partial charge >= 0.3 is 0 Å². The van der Waals surface area contributed by atoms with Gasteiger partial charge in [0.25, 0.3) is 0 Å². The highest BCUT2D eigenvalue weighted by atomic mass is 35.5. The molecule has 0 saturated carbocycles. The van der Waals surface area contributed by atoms with Crippen LogP contribution < -0.4 is 0 Å². The maximum atomic E-state index is 12.6. The Morgan fingerprint density at radius 1 is 1.43 bits per heavy atom. The Morgan fingerprint density at radius 2 is 2.07 bits per heavy atom. The third-order valence-electron chi connectivity index (χ3n) is 5.41. The first kappa shape index (κ1) is 20.9. The number of carbonyl (C=O) groups is 1. The van der Waals surface area contributed by atoms with Gasteiger partial charge in [0.2, 0.25) is 0 Å². The first-order chi connectivity index (χ1) is 13.2. The van der Waals surface area contributed by atoms with Crippen LogP contribution in [0, 0.1) is 24.2 Å². The molecule has 3 rings (SSSR count). The zero-order valence-electron chi connectivity index (χ0n) is 16.4. The van der Waals surface area contributed by atoms with Crippen molar-refractivity contribution in [3.63, 3.8) is 0 Å². The molecule has 0 fully saturated rings. The third-order valence-corrected chi connectivity index (χ3v) is 6.52. The Balaban J connectivity index is 2.35. The van der Waals surface area contributed by atoms with Crippen molar-refractivity contribution in [2.75, 3.05) is 5.75 Å². The van der Waals surface area contributed by atoms with Crippen molar-refractivity contribution in [1.29, 1.82) is 5.26 Å². The van der Waals surface area contributed by atoms with Gasteiger partial charge in [-0.25, -0.2) is 4.98 Å². The zero-order valence-corrected chi connectivity index (χ0v) is 18.0. The molecule has 0 radical (unpaired) electrons. The van der Waals surface area contributed by atoms with E-state index in [1.807, 2.05) is 26.0 Å². The van der Waals surface area contributed by atoms with Crippen LogP contribution in [-0.2, 0) is 11.2 Å². The number of aliphatic hydroxyl groups is 1. The van der Waals surface area contributed by atoms with E-state index in [-0.39, 0.29) is 18.1 Å². The largest absolute Gasteiger partial charge is 0.389 e. The first-order valence-corrected chi connectivity index (χ1v) is 10.6. The molecule has 1 aliphatic rings. The Hall–Kier alpha value is -1.87.